The predicted octanol–water partition coefficient (Wildman–Crippen LogP) is 0.756. The minimum Gasteiger partial charge on any atom is -0.324 e. The van der Waals surface area contributed by atoms with Gasteiger partial charge >= 0.3 is 0 Å². The van der Waals surface area contributed by atoms with Crippen LogP contribution < -0.4 is 10.5 Å². The first kappa shape index (κ1) is 18.5. The van der Waals surface area contributed by atoms with Gasteiger partial charge in [0.15, 0.2) is 0 Å². The molecule has 1 saturated heterocycles. The van der Waals surface area contributed by atoms with Crippen LogP contribution >= 0.6 is 0 Å². The molecule has 2 unspecified atom stereocenters. The number of primary sulfonamides is 1. The highest BCUT2D eigenvalue weighted by Gasteiger charge is 2.48. The number of fused-ring (bicyclic) bond motifs is 1. The van der Waals surface area contributed by atoms with Crippen LogP contribution in [-0.2, 0) is 24.4 Å². The largest absolute Gasteiger partial charge is 0.324 e. The van der Waals surface area contributed by atoms with E-state index in [-0.39, 0.29) is 40.8 Å². The van der Waals surface area contributed by atoms with Crippen molar-refractivity contribution in [1.82, 2.24) is 4.90 Å². The van der Waals surface area contributed by atoms with Crippen molar-refractivity contribution in [2.75, 3.05) is 11.9 Å². The van der Waals surface area contributed by atoms with Crippen LogP contribution in [0.25, 0.3) is 0 Å². The van der Waals surface area contributed by atoms with E-state index in [0.717, 1.165) is 17.7 Å². The second-order valence-corrected chi connectivity index (χ2v) is 8.36. The smallest absolute Gasteiger partial charge is 0.244 e. The van der Waals surface area contributed by atoms with Gasteiger partial charge in [0.25, 0.3) is 0 Å². The second-order valence-electron chi connectivity index (χ2n) is 6.83. The first-order valence-corrected chi connectivity index (χ1v) is 10.0. The van der Waals surface area contributed by atoms with Gasteiger partial charge in [-0.15, -0.1) is 0 Å². The molecule has 1 heterocycles. The summed E-state index contributed by atoms with van der Waals surface area (Å²) in [6, 6.07) is 4.32. The highest BCUT2D eigenvalue weighted by Crippen LogP contribution is 2.37. The standard InChI is InChI=1S/C17H21N3O5S/c1-10-6-7-11(8-14(10)26(18,24)25)19-15(21)9-20-16(22)12-4-2-3-5-13(12)17(20)23/h6-8,12-13H,2-5,9H2,1H3,(H,19,21)(H2,18,24,25). The van der Waals surface area contributed by atoms with Gasteiger partial charge in [0.2, 0.25) is 27.7 Å². The van der Waals surface area contributed by atoms with Crippen LogP contribution in [0.5, 0.6) is 0 Å². The molecule has 2 fully saturated rings. The Hall–Kier alpha value is -2.26. The molecule has 8 nitrogen and oxygen atoms in total. The van der Waals surface area contributed by atoms with Crippen molar-refractivity contribution in [3.63, 3.8) is 0 Å². The zero-order valence-corrected chi connectivity index (χ0v) is 15.2. The molecule has 0 radical (unpaired) electrons. The lowest BCUT2D eigenvalue weighted by Crippen LogP contribution is -2.38. The summed E-state index contributed by atoms with van der Waals surface area (Å²) in [7, 11) is -3.92. The van der Waals surface area contributed by atoms with Gasteiger partial charge < -0.3 is 5.32 Å². The highest BCUT2D eigenvalue weighted by molar-refractivity contribution is 7.89. The maximum atomic E-state index is 12.4. The monoisotopic (exact) mass is 379 g/mol. The van der Waals surface area contributed by atoms with Gasteiger partial charge in [0.05, 0.1) is 16.7 Å². The van der Waals surface area contributed by atoms with E-state index in [4.69, 9.17) is 5.14 Å². The summed E-state index contributed by atoms with van der Waals surface area (Å²) in [6.07, 6.45) is 3.20. The Bertz CT molecular complexity index is 856. The number of carbonyl (C=O) groups is 3. The lowest BCUT2D eigenvalue weighted by molar-refractivity contribution is -0.142. The van der Waals surface area contributed by atoms with Gasteiger partial charge in [-0.05, 0) is 37.5 Å². The zero-order chi connectivity index (χ0) is 19.1. The lowest BCUT2D eigenvalue weighted by atomic mass is 9.81. The Kier molecular flexibility index (Phi) is 4.85. The van der Waals surface area contributed by atoms with E-state index in [0.29, 0.717) is 18.4 Å². The lowest BCUT2D eigenvalue weighted by Gasteiger charge is -2.19. The van der Waals surface area contributed by atoms with Crippen LogP contribution in [0.15, 0.2) is 23.1 Å². The van der Waals surface area contributed by atoms with Crippen molar-refractivity contribution in [2.24, 2.45) is 17.0 Å². The van der Waals surface area contributed by atoms with Crippen molar-refractivity contribution in [2.45, 2.75) is 37.5 Å². The summed E-state index contributed by atoms with van der Waals surface area (Å²) < 4.78 is 23.1. The number of nitrogens with two attached hydrogens (primary N) is 1. The fourth-order valence-electron chi connectivity index (χ4n) is 3.72. The number of hydrogen-bond acceptors (Lipinski definition) is 5. The van der Waals surface area contributed by atoms with E-state index in [1.54, 1.807) is 6.92 Å². The molecule has 2 aliphatic rings. The summed E-state index contributed by atoms with van der Waals surface area (Å²) in [5.74, 6) is -1.75. The predicted molar refractivity (Wildman–Crippen MR) is 93.3 cm³/mol. The van der Waals surface area contributed by atoms with Crippen molar-refractivity contribution in [3.05, 3.63) is 23.8 Å². The Labute approximate surface area is 151 Å². The fourth-order valence-corrected chi connectivity index (χ4v) is 4.52. The number of amides is 3. The minimum absolute atomic E-state index is 0.0883. The van der Waals surface area contributed by atoms with Crippen molar-refractivity contribution < 1.29 is 22.8 Å². The number of sulfonamides is 1. The third-order valence-corrected chi connectivity index (χ3v) is 6.07. The van der Waals surface area contributed by atoms with Crippen molar-refractivity contribution >= 4 is 33.4 Å². The van der Waals surface area contributed by atoms with Crippen LogP contribution in [0.4, 0.5) is 5.69 Å². The second kappa shape index (κ2) is 6.81. The van der Waals surface area contributed by atoms with Gasteiger partial charge in [-0.1, -0.05) is 18.9 Å². The number of hydrogen-bond donors (Lipinski definition) is 2. The number of nitrogens with one attached hydrogen (secondary N) is 1. The first-order chi connectivity index (χ1) is 12.2. The minimum atomic E-state index is -3.92. The molecule has 1 saturated carbocycles. The maximum Gasteiger partial charge on any atom is 0.244 e. The molecule has 3 rings (SSSR count). The van der Waals surface area contributed by atoms with Crippen LogP contribution in [0.2, 0.25) is 0 Å². The average molecular weight is 379 g/mol. The molecule has 3 amide bonds. The van der Waals surface area contributed by atoms with E-state index < -0.39 is 15.9 Å². The molecular formula is C17H21N3O5S. The highest BCUT2D eigenvalue weighted by atomic mass is 32.2. The van der Waals surface area contributed by atoms with Gasteiger partial charge in [-0.25, -0.2) is 13.6 Å². The fraction of sp³-hybridized carbons (Fsp3) is 0.471. The molecule has 0 aromatic heterocycles. The van der Waals surface area contributed by atoms with Gasteiger partial charge in [-0.3, -0.25) is 19.3 Å². The van der Waals surface area contributed by atoms with Gasteiger partial charge in [0.1, 0.15) is 6.54 Å². The Balaban J connectivity index is 1.72. The third-order valence-electron chi connectivity index (χ3n) is 5.01. The average Bonchev–Trinajstić information content (AvgIpc) is 2.81. The molecule has 1 aliphatic heterocycles. The summed E-state index contributed by atoms with van der Waals surface area (Å²) >= 11 is 0. The molecule has 0 bridgehead atoms. The molecule has 2 atom stereocenters. The Morgan fingerprint density at radius 3 is 2.31 bits per heavy atom. The van der Waals surface area contributed by atoms with E-state index in [9.17, 15) is 22.8 Å². The number of likely N-dealkylation sites (tertiary alicyclic amines) is 1. The molecule has 3 N–H and O–H groups in total. The number of nitrogens with zero attached hydrogens (tertiary/aromatic N) is 1. The zero-order valence-electron chi connectivity index (χ0n) is 14.4. The van der Waals surface area contributed by atoms with Gasteiger partial charge in [-0.2, -0.15) is 0 Å². The number of aryl methyl sites for hydroxylation is 1. The normalized spacial score (nSPS) is 23.1. The summed E-state index contributed by atoms with van der Waals surface area (Å²) in [5.41, 5.74) is 0.695. The van der Waals surface area contributed by atoms with Crippen LogP contribution in [0.1, 0.15) is 31.2 Å². The summed E-state index contributed by atoms with van der Waals surface area (Å²) in [5, 5.41) is 7.68. The Morgan fingerprint density at radius 2 is 1.77 bits per heavy atom. The van der Waals surface area contributed by atoms with E-state index in [1.807, 2.05) is 0 Å². The van der Waals surface area contributed by atoms with Crippen LogP contribution in [0, 0.1) is 18.8 Å². The number of carbonyl (C=O) groups excluding carboxylic acids is 3. The topological polar surface area (TPSA) is 127 Å². The number of benzene rings is 1. The number of anilines is 1. The van der Waals surface area contributed by atoms with E-state index in [1.165, 1.54) is 18.2 Å². The van der Waals surface area contributed by atoms with Crippen molar-refractivity contribution in [3.8, 4) is 0 Å². The number of imide groups is 1. The Morgan fingerprint density at radius 1 is 1.19 bits per heavy atom. The first-order valence-electron chi connectivity index (χ1n) is 8.47. The maximum absolute atomic E-state index is 12.4. The van der Waals surface area contributed by atoms with Gasteiger partial charge in [0, 0.05) is 5.69 Å². The molecule has 26 heavy (non-hydrogen) atoms. The number of rotatable bonds is 4. The molecule has 9 heteroatoms. The molecule has 1 aromatic carbocycles. The molecule has 140 valence electrons. The third kappa shape index (κ3) is 3.49. The SMILES string of the molecule is Cc1ccc(NC(=O)CN2C(=O)C3CCCCC3C2=O)cc1S(N)(=O)=O. The summed E-state index contributed by atoms with van der Waals surface area (Å²) in [6.45, 7) is 1.22. The molecule has 0 spiro atoms. The van der Waals surface area contributed by atoms with Crippen molar-refractivity contribution in [1.29, 1.82) is 0 Å². The molecule has 1 aliphatic carbocycles. The quantitative estimate of drug-likeness (QED) is 0.747. The molecular weight excluding hydrogens is 358 g/mol. The van der Waals surface area contributed by atoms with Crippen LogP contribution in [-0.4, -0.2) is 37.6 Å². The van der Waals surface area contributed by atoms with Crippen LogP contribution in [0.3, 0.4) is 0 Å². The molecule has 1 aromatic rings. The van der Waals surface area contributed by atoms with E-state index >= 15 is 0 Å². The summed E-state index contributed by atoms with van der Waals surface area (Å²) in [4.78, 5) is 38.0. The van der Waals surface area contributed by atoms with E-state index in [2.05, 4.69) is 5.32 Å².